The number of carbonyl (C=O) groups is 2. The van der Waals surface area contributed by atoms with Crippen LogP contribution in [0.3, 0.4) is 0 Å². The van der Waals surface area contributed by atoms with Gasteiger partial charge in [-0.15, -0.1) is 0 Å². The smallest absolute Gasteiger partial charge is 0.245 e. The molecule has 4 heteroatoms. The van der Waals surface area contributed by atoms with E-state index in [1.165, 1.54) is 12.8 Å². The Hall–Kier alpha value is -1.84. The van der Waals surface area contributed by atoms with Crippen molar-refractivity contribution >= 4 is 11.8 Å². The number of rotatable bonds is 5. The van der Waals surface area contributed by atoms with Gasteiger partial charge in [0.25, 0.3) is 0 Å². The summed E-state index contributed by atoms with van der Waals surface area (Å²) in [4.78, 5) is 27.0. The van der Waals surface area contributed by atoms with Gasteiger partial charge in [-0.1, -0.05) is 50.1 Å². The van der Waals surface area contributed by atoms with Gasteiger partial charge in [0, 0.05) is 6.04 Å². The molecular weight excluding hydrogens is 288 g/mol. The van der Waals surface area contributed by atoms with Crippen molar-refractivity contribution < 1.29 is 9.59 Å². The average molecular weight is 314 g/mol. The zero-order valence-corrected chi connectivity index (χ0v) is 14.0. The Morgan fingerprint density at radius 1 is 1.26 bits per heavy atom. The summed E-state index contributed by atoms with van der Waals surface area (Å²) in [6, 6.07) is 10.3. The molecule has 1 aliphatic heterocycles. The molecule has 1 N–H and O–H groups in total. The van der Waals surface area contributed by atoms with Gasteiger partial charge in [-0.2, -0.15) is 0 Å². The second kappa shape index (κ2) is 6.34. The van der Waals surface area contributed by atoms with Crippen LogP contribution in [-0.2, 0) is 9.59 Å². The van der Waals surface area contributed by atoms with Crippen molar-refractivity contribution in [1.82, 2.24) is 10.2 Å². The summed E-state index contributed by atoms with van der Waals surface area (Å²) in [5.74, 6) is 0.0747. The van der Waals surface area contributed by atoms with Gasteiger partial charge in [-0.3, -0.25) is 9.59 Å². The van der Waals surface area contributed by atoms with E-state index in [-0.39, 0.29) is 23.9 Å². The molecule has 4 nitrogen and oxygen atoms in total. The summed E-state index contributed by atoms with van der Waals surface area (Å²) < 4.78 is 0. The lowest BCUT2D eigenvalue weighted by molar-refractivity contribution is -0.164. The lowest BCUT2D eigenvalue weighted by atomic mass is 9.83. The summed E-state index contributed by atoms with van der Waals surface area (Å²) in [6.07, 6.45) is 5.60. The molecule has 1 saturated carbocycles. The molecular formula is C19H26N2O2. The van der Waals surface area contributed by atoms with Crippen LogP contribution < -0.4 is 5.32 Å². The molecule has 3 rings (SSSR count). The van der Waals surface area contributed by atoms with E-state index in [9.17, 15) is 9.59 Å². The molecule has 1 saturated heterocycles. The van der Waals surface area contributed by atoms with Crippen LogP contribution in [0.25, 0.3) is 0 Å². The number of amides is 2. The average Bonchev–Trinajstić information content (AvgIpc) is 3.06. The first-order valence-corrected chi connectivity index (χ1v) is 8.74. The summed E-state index contributed by atoms with van der Waals surface area (Å²) >= 11 is 0. The number of β-lactam (4-membered cyclic amide) rings is 1. The number of nitrogens with one attached hydrogen (secondary N) is 1. The number of likely N-dealkylation sites (tertiary alicyclic amines) is 1. The lowest BCUT2D eigenvalue weighted by Crippen LogP contribution is -2.65. The molecule has 124 valence electrons. The fourth-order valence-electron chi connectivity index (χ4n) is 3.83. The molecule has 0 radical (unpaired) electrons. The van der Waals surface area contributed by atoms with Crippen LogP contribution in [0.15, 0.2) is 30.3 Å². The van der Waals surface area contributed by atoms with Gasteiger partial charge in [0.2, 0.25) is 11.8 Å². The van der Waals surface area contributed by atoms with E-state index >= 15 is 0 Å². The molecule has 0 spiro atoms. The Morgan fingerprint density at radius 2 is 1.91 bits per heavy atom. The minimum atomic E-state index is -0.765. The molecule has 2 unspecified atom stereocenters. The van der Waals surface area contributed by atoms with Gasteiger partial charge in [-0.25, -0.2) is 0 Å². The number of carbonyl (C=O) groups excluding carboxylic acids is 2. The number of nitrogens with zero attached hydrogens (tertiary/aromatic N) is 1. The highest BCUT2D eigenvalue weighted by molar-refractivity contribution is 5.94. The van der Waals surface area contributed by atoms with Gasteiger partial charge in [-0.05, 0) is 31.7 Å². The predicted octanol–water partition coefficient (Wildman–Crippen LogP) is 3.19. The second-order valence-electron chi connectivity index (χ2n) is 6.98. The topological polar surface area (TPSA) is 49.4 Å². The molecule has 2 amide bonds. The van der Waals surface area contributed by atoms with Crippen LogP contribution in [0.5, 0.6) is 0 Å². The van der Waals surface area contributed by atoms with E-state index < -0.39 is 5.54 Å². The fourth-order valence-corrected chi connectivity index (χ4v) is 3.83. The molecule has 0 bridgehead atoms. The summed E-state index contributed by atoms with van der Waals surface area (Å²) in [5, 5.41) is 3.18. The number of benzene rings is 1. The third kappa shape index (κ3) is 2.87. The Labute approximate surface area is 138 Å². The van der Waals surface area contributed by atoms with E-state index in [4.69, 9.17) is 0 Å². The highest BCUT2D eigenvalue weighted by atomic mass is 16.2. The van der Waals surface area contributed by atoms with Crippen LogP contribution in [-0.4, -0.2) is 28.3 Å². The van der Waals surface area contributed by atoms with Crippen LogP contribution in [0.2, 0.25) is 0 Å². The molecule has 23 heavy (non-hydrogen) atoms. The zero-order chi connectivity index (χ0) is 16.4. The van der Waals surface area contributed by atoms with Crippen molar-refractivity contribution in [3.05, 3.63) is 35.9 Å². The molecule has 1 aliphatic carbocycles. The van der Waals surface area contributed by atoms with Crippen molar-refractivity contribution in [1.29, 1.82) is 0 Å². The Balaban J connectivity index is 1.79. The van der Waals surface area contributed by atoms with Crippen molar-refractivity contribution in [3.8, 4) is 0 Å². The molecule has 2 fully saturated rings. The zero-order valence-electron chi connectivity index (χ0n) is 14.0. The summed E-state index contributed by atoms with van der Waals surface area (Å²) in [5.41, 5.74) is 0.346. The number of hydrogen-bond donors (Lipinski definition) is 1. The van der Waals surface area contributed by atoms with Crippen LogP contribution >= 0.6 is 0 Å². The van der Waals surface area contributed by atoms with Crippen molar-refractivity contribution in [2.24, 2.45) is 0 Å². The first kappa shape index (κ1) is 16.0. The molecule has 0 aromatic heterocycles. The quantitative estimate of drug-likeness (QED) is 0.849. The van der Waals surface area contributed by atoms with Crippen LogP contribution in [0.1, 0.15) is 64.0 Å². The second-order valence-corrected chi connectivity index (χ2v) is 6.98. The maximum Gasteiger partial charge on any atom is 0.245 e. The number of hydrogen-bond acceptors (Lipinski definition) is 2. The van der Waals surface area contributed by atoms with Gasteiger partial charge in [0.05, 0.1) is 12.5 Å². The van der Waals surface area contributed by atoms with E-state index in [0.29, 0.717) is 12.8 Å². The standard InChI is InChI=1S/C19H26N2O2/c1-3-19(2,18(23)20-15-11-7-8-12-15)21-16(13-17(21)22)14-9-5-4-6-10-14/h4-6,9-10,15-16H,3,7-8,11-13H2,1-2H3,(H,20,23). The third-order valence-corrected chi connectivity index (χ3v) is 5.53. The van der Waals surface area contributed by atoms with Crippen LogP contribution in [0, 0.1) is 0 Å². The van der Waals surface area contributed by atoms with E-state index in [1.54, 1.807) is 4.90 Å². The lowest BCUT2D eigenvalue weighted by Gasteiger charge is -2.51. The molecule has 1 heterocycles. The molecule has 2 atom stereocenters. The van der Waals surface area contributed by atoms with Gasteiger partial charge in [0.1, 0.15) is 5.54 Å². The first-order chi connectivity index (χ1) is 11.1. The SMILES string of the molecule is CCC(C)(C(=O)NC1CCCC1)N1C(=O)CC1c1ccccc1. The molecule has 2 aliphatic rings. The minimum Gasteiger partial charge on any atom is -0.351 e. The monoisotopic (exact) mass is 314 g/mol. The van der Waals surface area contributed by atoms with E-state index in [1.807, 2.05) is 44.2 Å². The highest BCUT2D eigenvalue weighted by Gasteiger charge is 2.51. The Bertz CT molecular complexity index is 580. The largest absolute Gasteiger partial charge is 0.351 e. The van der Waals surface area contributed by atoms with E-state index in [0.717, 1.165) is 18.4 Å². The van der Waals surface area contributed by atoms with Gasteiger partial charge < -0.3 is 10.2 Å². The van der Waals surface area contributed by atoms with Crippen molar-refractivity contribution in [2.45, 2.75) is 70.0 Å². The maximum atomic E-state index is 12.9. The Kier molecular flexibility index (Phi) is 4.42. The van der Waals surface area contributed by atoms with Gasteiger partial charge in [0.15, 0.2) is 0 Å². The minimum absolute atomic E-state index is 0.000816. The summed E-state index contributed by atoms with van der Waals surface area (Å²) in [7, 11) is 0. The molecule has 1 aromatic carbocycles. The van der Waals surface area contributed by atoms with Gasteiger partial charge >= 0.3 is 0 Å². The maximum absolute atomic E-state index is 12.9. The van der Waals surface area contributed by atoms with Crippen molar-refractivity contribution in [3.63, 3.8) is 0 Å². The highest BCUT2D eigenvalue weighted by Crippen LogP contribution is 2.41. The Morgan fingerprint density at radius 3 is 2.48 bits per heavy atom. The van der Waals surface area contributed by atoms with Crippen molar-refractivity contribution in [2.75, 3.05) is 0 Å². The third-order valence-electron chi connectivity index (χ3n) is 5.53. The summed E-state index contributed by atoms with van der Waals surface area (Å²) in [6.45, 7) is 3.90. The van der Waals surface area contributed by atoms with Crippen LogP contribution in [0.4, 0.5) is 0 Å². The normalized spacial score (nSPS) is 24.2. The first-order valence-electron chi connectivity index (χ1n) is 8.74. The molecule has 1 aromatic rings. The van der Waals surface area contributed by atoms with E-state index in [2.05, 4.69) is 5.32 Å². The predicted molar refractivity (Wildman–Crippen MR) is 89.7 cm³/mol. The fraction of sp³-hybridized carbons (Fsp3) is 0.579.